The van der Waals surface area contributed by atoms with Gasteiger partial charge in [0, 0.05) is 17.1 Å². The SMILES string of the molecule is CC[C@H](C)NC(=O)c1csc(Nc2ccc(C)cc2C)n1. The lowest BCUT2D eigenvalue weighted by molar-refractivity contribution is 0.0935. The molecule has 1 aromatic carbocycles. The summed E-state index contributed by atoms with van der Waals surface area (Å²) in [6.07, 6.45) is 0.906. The number of thiazole rings is 1. The molecule has 0 aliphatic carbocycles. The van der Waals surface area contributed by atoms with Gasteiger partial charge >= 0.3 is 0 Å². The molecule has 21 heavy (non-hydrogen) atoms. The van der Waals surface area contributed by atoms with Gasteiger partial charge in [0.2, 0.25) is 0 Å². The van der Waals surface area contributed by atoms with Crippen molar-refractivity contribution in [1.29, 1.82) is 0 Å². The van der Waals surface area contributed by atoms with E-state index in [0.717, 1.165) is 22.8 Å². The average Bonchev–Trinajstić information content (AvgIpc) is 2.90. The molecule has 0 fully saturated rings. The van der Waals surface area contributed by atoms with Crippen LogP contribution in [0.3, 0.4) is 0 Å². The largest absolute Gasteiger partial charge is 0.348 e. The number of nitrogens with zero attached hydrogens (tertiary/aromatic N) is 1. The van der Waals surface area contributed by atoms with E-state index in [1.54, 1.807) is 5.38 Å². The number of carbonyl (C=O) groups excluding carboxylic acids is 1. The molecule has 4 nitrogen and oxygen atoms in total. The lowest BCUT2D eigenvalue weighted by Gasteiger charge is -2.09. The zero-order valence-corrected chi connectivity index (χ0v) is 13.7. The van der Waals surface area contributed by atoms with Crippen LogP contribution < -0.4 is 10.6 Å². The molecule has 1 atom stereocenters. The van der Waals surface area contributed by atoms with Crippen LogP contribution in [0.2, 0.25) is 0 Å². The number of carbonyl (C=O) groups is 1. The van der Waals surface area contributed by atoms with Crippen LogP contribution in [0.25, 0.3) is 0 Å². The van der Waals surface area contributed by atoms with Crippen molar-refractivity contribution in [3.63, 3.8) is 0 Å². The van der Waals surface area contributed by atoms with E-state index in [2.05, 4.69) is 41.6 Å². The summed E-state index contributed by atoms with van der Waals surface area (Å²) < 4.78 is 0. The van der Waals surface area contributed by atoms with Crippen LogP contribution in [-0.2, 0) is 0 Å². The zero-order valence-electron chi connectivity index (χ0n) is 12.9. The molecule has 0 saturated heterocycles. The van der Waals surface area contributed by atoms with Crippen molar-refractivity contribution < 1.29 is 4.79 Å². The number of hydrogen-bond donors (Lipinski definition) is 2. The Kier molecular flexibility index (Phi) is 4.96. The van der Waals surface area contributed by atoms with Gasteiger partial charge in [-0.2, -0.15) is 0 Å². The Morgan fingerprint density at radius 3 is 2.81 bits per heavy atom. The fourth-order valence-corrected chi connectivity index (χ4v) is 2.61. The highest BCUT2D eigenvalue weighted by Crippen LogP contribution is 2.24. The fraction of sp³-hybridized carbons (Fsp3) is 0.375. The minimum atomic E-state index is -0.116. The minimum Gasteiger partial charge on any atom is -0.348 e. The molecule has 0 unspecified atom stereocenters. The molecule has 0 spiro atoms. The summed E-state index contributed by atoms with van der Waals surface area (Å²) in [5.74, 6) is -0.116. The highest BCUT2D eigenvalue weighted by Gasteiger charge is 2.13. The quantitative estimate of drug-likeness (QED) is 0.876. The third kappa shape index (κ3) is 4.04. The number of anilines is 2. The van der Waals surface area contributed by atoms with Crippen LogP contribution >= 0.6 is 11.3 Å². The van der Waals surface area contributed by atoms with Crippen molar-refractivity contribution in [3.05, 3.63) is 40.4 Å². The normalized spacial score (nSPS) is 12.0. The van der Waals surface area contributed by atoms with Crippen LogP contribution in [0.1, 0.15) is 41.9 Å². The van der Waals surface area contributed by atoms with Crippen molar-refractivity contribution >= 4 is 28.1 Å². The molecule has 0 saturated carbocycles. The monoisotopic (exact) mass is 303 g/mol. The second-order valence-corrected chi connectivity index (χ2v) is 6.12. The number of aryl methyl sites for hydroxylation is 2. The van der Waals surface area contributed by atoms with Gasteiger partial charge in [0.15, 0.2) is 5.13 Å². The molecule has 2 N–H and O–H groups in total. The number of nitrogens with one attached hydrogen (secondary N) is 2. The van der Waals surface area contributed by atoms with Gasteiger partial charge in [0.05, 0.1) is 0 Å². The summed E-state index contributed by atoms with van der Waals surface area (Å²) in [4.78, 5) is 16.3. The van der Waals surface area contributed by atoms with Gasteiger partial charge < -0.3 is 10.6 Å². The maximum absolute atomic E-state index is 12.0. The molecule has 0 bridgehead atoms. The topological polar surface area (TPSA) is 54.0 Å². The summed E-state index contributed by atoms with van der Waals surface area (Å²) in [6, 6.07) is 6.37. The van der Waals surface area contributed by atoms with Gasteiger partial charge in [-0.3, -0.25) is 4.79 Å². The van der Waals surface area contributed by atoms with E-state index in [-0.39, 0.29) is 11.9 Å². The first-order valence-electron chi connectivity index (χ1n) is 7.10. The van der Waals surface area contributed by atoms with Crippen LogP contribution in [-0.4, -0.2) is 16.9 Å². The summed E-state index contributed by atoms with van der Waals surface area (Å²) >= 11 is 1.44. The number of hydrogen-bond acceptors (Lipinski definition) is 4. The third-order valence-electron chi connectivity index (χ3n) is 3.35. The maximum Gasteiger partial charge on any atom is 0.271 e. The van der Waals surface area contributed by atoms with Gasteiger partial charge in [-0.25, -0.2) is 4.98 Å². The van der Waals surface area contributed by atoms with Gasteiger partial charge in [0.1, 0.15) is 5.69 Å². The number of rotatable bonds is 5. The first kappa shape index (κ1) is 15.5. The van der Waals surface area contributed by atoms with E-state index < -0.39 is 0 Å². The summed E-state index contributed by atoms with van der Waals surface area (Å²) in [7, 11) is 0. The molecule has 0 aliphatic rings. The van der Waals surface area contributed by atoms with E-state index in [1.165, 1.54) is 16.9 Å². The standard InChI is InChI=1S/C16H21N3OS/c1-5-12(4)17-15(20)14-9-21-16(19-14)18-13-7-6-10(2)8-11(13)3/h6-9,12H,5H2,1-4H3,(H,17,20)(H,18,19)/t12-/m0/s1. The highest BCUT2D eigenvalue weighted by atomic mass is 32.1. The lowest BCUT2D eigenvalue weighted by Crippen LogP contribution is -2.32. The first-order chi connectivity index (χ1) is 9.99. The van der Waals surface area contributed by atoms with E-state index in [4.69, 9.17) is 0 Å². The van der Waals surface area contributed by atoms with Crippen molar-refractivity contribution in [1.82, 2.24) is 10.3 Å². The second kappa shape index (κ2) is 6.72. The Hall–Kier alpha value is -1.88. The van der Waals surface area contributed by atoms with E-state index in [1.807, 2.05) is 19.9 Å². The second-order valence-electron chi connectivity index (χ2n) is 5.26. The molecule has 1 aromatic heterocycles. The molecule has 0 radical (unpaired) electrons. The van der Waals surface area contributed by atoms with Crippen LogP contribution in [0.5, 0.6) is 0 Å². The van der Waals surface area contributed by atoms with Crippen molar-refractivity contribution in [2.24, 2.45) is 0 Å². The minimum absolute atomic E-state index is 0.116. The van der Waals surface area contributed by atoms with E-state index in [0.29, 0.717) is 5.69 Å². The zero-order chi connectivity index (χ0) is 15.4. The number of amides is 1. The molecule has 1 heterocycles. The van der Waals surface area contributed by atoms with Gasteiger partial charge in [-0.1, -0.05) is 24.6 Å². The first-order valence-corrected chi connectivity index (χ1v) is 7.98. The molecule has 112 valence electrons. The van der Waals surface area contributed by atoms with Crippen molar-refractivity contribution in [3.8, 4) is 0 Å². The Bertz CT molecular complexity index is 636. The van der Waals surface area contributed by atoms with Crippen molar-refractivity contribution in [2.75, 3.05) is 5.32 Å². The van der Waals surface area contributed by atoms with Crippen LogP contribution in [0, 0.1) is 13.8 Å². The fourth-order valence-electron chi connectivity index (χ4n) is 1.90. The molecule has 1 amide bonds. The van der Waals surface area contributed by atoms with Crippen molar-refractivity contribution in [2.45, 2.75) is 40.2 Å². The van der Waals surface area contributed by atoms with Gasteiger partial charge in [-0.05, 0) is 38.8 Å². The predicted octanol–water partition coefficient (Wildman–Crippen LogP) is 4.03. The predicted molar refractivity (Wildman–Crippen MR) is 88.5 cm³/mol. The molecule has 0 aliphatic heterocycles. The van der Waals surface area contributed by atoms with E-state index in [9.17, 15) is 4.79 Å². The Morgan fingerprint density at radius 1 is 1.38 bits per heavy atom. The lowest BCUT2D eigenvalue weighted by atomic mass is 10.1. The summed E-state index contributed by atoms with van der Waals surface area (Å²) in [6.45, 7) is 8.15. The molecular formula is C16H21N3OS. The molecular weight excluding hydrogens is 282 g/mol. The molecule has 2 aromatic rings. The Morgan fingerprint density at radius 2 is 2.14 bits per heavy atom. The number of aromatic nitrogens is 1. The third-order valence-corrected chi connectivity index (χ3v) is 4.11. The summed E-state index contributed by atoms with van der Waals surface area (Å²) in [5, 5.41) is 8.70. The Balaban J connectivity index is 2.08. The smallest absolute Gasteiger partial charge is 0.271 e. The molecule has 2 rings (SSSR count). The van der Waals surface area contributed by atoms with Crippen LogP contribution in [0.15, 0.2) is 23.6 Å². The Labute approximate surface area is 129 Å². The van der Waals surface area contributed by atoms with Gasteiger partial charge in [0.25, 0.3) is 5.91 Å². The maximum atomic E-state index is 12.0. The summed E-state index contributed by atoms with van der Waals surface area (Å²) in [5.41, 5.74) is 3.87. The molecule has 5 heteroatoms. The number of benzene rings is 1. The van der Waals surface area contributed by atoms with Crippen LogP contribution in [0.4, 0.5) is 10.8 Å². The highest BCUT2D eigenvalue weighted by molar-refractivity contribution is 7.14. The van der Waals surface area contributed by atoms with E-state index >= 15 is 0 Å². The average molecular weight is 303 g/mol. The van der Waals surface area contributed by atoms with Gasteiger partial charge in [-0.15, -0.1) is 11.3 Å².